The first kappa shape index (κ1) is 16.8. The molecule has 0 fully saturated rings. The maximum absolute atomic E-state index is 13.3. The van der Waals surface area contributed by atoms with Crippen molar-refractivity contribution in [3.8, 4) is 11.4 Å². The predicted molar refractivity (Wildman–Crippen MR) is 87.8 cm³/mol. The third-order valence-electron chi connectivity index (χ3n) is 3.67. The maximum Gasteiger partial charge on any atom is 0.249 e. The van der Waals surface area contributed by atoms with E-state index >= 15 is 0 Å². The molecule has 7 nitrogen and oxygen atoms in total. The van der Waals surface area contributed by atoms with Crippen molar-refractivity contribution in [1.29, 1.82) is 0 Å². The average Bonchev–Trinajstić information content (AvgIpc) is 3.22. The van der Waals surface area contributed by atoms with Crippen molar-refractivity contribution in [2.75, 3.05) is 0 Å². The lowest BCUT2D eigenvalue weighted by atomic mass is 10.2. The summed E-state index contributed by atoms with van der Waals surface area (Å²) in [5.74, 6) is 0.0578. The van der Waals surface area contributed by atoms with Gasteiger partial charge in [-0.3, -0.25) is 9.48 Å². The van der Waals surface area contributed by atoms with Gasteiger partial charge in [-0.25, -0.2) is 4.39 Å². The molecule has 1 unspecified atom stereocenters. The number of aryl methyl sites for hydroxylation is 2. The Hall–Kier alpha value is -3.03. The number of nitrogens with zero attached hydrogens (tertiary/aromatic N) is 4. The summed E-state index contributed by atoms with van der Waals surface area (Å²) < 4.78 is 20.1. The summed E-state index contributed by atoms with van der Waals surface area (Å²) in [6.45, 7) is 1.75. The molecule has 0 aliphatic heterocycles. The normalized spacial score (nSPS) is 12.1. The summed E-state index contributed by atoms with van der Waals surface area (Å²) >= 11 is 0. The number of benzene rings is 1. The van der Waals surface area contributed by atoms with Gasteiger partial charge in [-0.1, -0.05) is 17.3 Å². The third kappa shape index (κ3) is 4.28. The molecule has 3 rings (SSSR count). The van der Waals surface area contributed by atoms with Crippen molar-refractivity contribution in [3.05, 3.63) is 53.9 Å². The lowest BCUT2D eigenvalue weighted by molar-refractivity contribution is -0.121. The van der Waals surface area contributed by atoms with Crippen molar-refractivity contribution in [3.63, 3.8) is 0 Å². The van der Waals surface area contributed by atoms with Crippen LogP contribution in [0.3, 0.4) is 0 Å². The van der Waals surface area contributed by atoms with Crippen LogP contribution in [0.15, 0.2) is 41.2 Å². The standard InChI is InChI=1S/C17H18FN5O2/c1-11(20-15(24)7-6-12-9-19-23(2)10-12)17-21-16(22-25-17)13-4-3-5-14(18)8-13/h3-5,8-11H,6-7H2,1-2H3,(H,20,24). The number of rotatable bonds is 6. The molecule has 2 aromatic heterocycles. The Labute approximate surface area is 143 Å². The lowest BCUT2D eigenvalue weighted by Crippen LogP contribution is -2.27. The zero-order valence-electron chi connectivity index (χ0n) is 13.9. The van der Waals surface area contributed by atoms with E-state index in [1.807, 2.05) is 13.2 Å². The minimum absolute atomic E-state index is 0.123. The van der Waals surface area contributed by atoms with E-state index in [9.17, 15) is 9.18 Å². The van der Waals surface area contributed by atoms with E-state index in [0.717, 1.165) is 5.56 Å². The van der Waals surface area contributed by atoms with Crippen LogP contribution in [0.1, 0.15) is 30.8 Å². The minimum Gasteiger partial charge on any atom is -0.345 e. The fraction of sp³-hybridized carbons (Fsp3) is 0.294. The van der Waals surface area contributed by atoms with E-state index < -0.39 is 6.04 Å². The molecule has 1 aromatic carbocycles. The molecule has 130 valence electrons. The van der Waals surface area contributed by atoms with Gasteiger partial charge >= 0.3 is 0 Å². The summed E-state index contributed by atoms with van der Waals surface area (Å²) in [4.78, 5) is 16.3. The quantitative estimate of drug-likeness (QED) is 0.743. The van der Waals surface area contributed by atoms with Crippen LogP contribution in [0, 0.1) is 5.82 Å². The van der Waals surface area contributed by atoms with Crippen LogP contribution in [-0.2, 0) is 18.3 Å². The van der Waals surface area contributed by atoms with Gasteiger partial charge in [0.2, 0.25) is 17.6 Å². The number of carbonyl (C=O) groups excluding carboxylic acids is 1. The second kappa shape index (κ2) is 7.25. The van der Waals surface area contributed by atoms with E-state index in [0.29, 0.717) is 18.4 Å². The van der Waals surface area contributed by atoms with E-state index in [-0.39, 0.29) is 23.4 Å². The number of aromatic nitrogens is 4. The SMILES string of the molecule is CC(NC(=O)CCc1cnn(C)c1)c1nc(-c2cccc(F)c2)no1. The molecule has 0 saturated heterocycles. The third-order valence-corrected chi connectivity index (χ3v) is 3.67. The summed E-state index contributed by atoms with van der Waals surface area (Å²) in [5, 5.41) is 10.7. The summed E-state index contributed by atoms with van der Waals surface area (Å²) in [6, 6.07) is 5.50. The molecule has 25 heavy (non-hydrogen) atoms. The van der Waals surface area contributed by atoms with Crippen LogP contribution in [0.4, 0.5) is 4.39 Å². The van der Waals surface area contributed by atoms with Crippen LogP contribution in [0.5, 0.6) is 0 Å². The first-order chi connectivity index (χ1) is 12.0. The highest BCUT2D eigenvalue weighted by Gasteiger charge is 2.17. The van der Waals surface area contributed by atoms with Crippen LogP contribution < -0.4 is 5.32 Å². The number of amides is 1. The zero-order chi connectivity index (χ0) is 17.8. The fourth-order valence-corrected chi connectivity index (χ4v) is 2.39. The molecule has 2 heterocycles. The molecule has 0 aliphatic rings. The van der Waals surface area contributed by atoms with Gasteiger partial charge in [0.15, 0.2) is 0 Å². The van der Waals surface area contributed by atoms with Crippen LogP contribution in [0.25, 0.3) is 11.4 Å². The number of hydrogen-bond acceptors (Lipinski definition) is 5. The predicted octanol–water partition coefficient (Wildman–Crippen LogP) is 2.42. The minimum atomic E-state index is -0.434. The Kier molecular flexibility index (Phi) is 4.87. The fourth-order valence-electron chi connectivity index (χ4n) is 2.39. The Morgan fingerprint density at radius 2 is 2.28 bits per heavy atom. The van der Waals surface area contributed by atoms with Gasteiger partial charge in [0.25, 0.3) is 0 Å². The molecule has 1 amide bonds. The van der Waals surface area contributed by atoms with Crippen molar-refractivity contribution < 1.29 is 13.7 Å². The molecule has 0 bridgehead atoms. The van der Waals surface area contributed by atoms with Gasteiger partial charge in [-0.2, -0.15) is 10.1 Å². The molecule has 0 aliphatic carbocycles. The van der Waals surface area contributed by atoms with Crippen molar-refractivity contribution >= 4 is 5.91 Å². The maximum atomic E-state index is 13.3. The molecule has 1 N–H and O–H groups in total. The van der Waals surface area contributed by atoms with Crippen LogP contribution >= 0.6 is 0 Å². The largest absolute Gasteiger partial charge is 0.345 e. The van der Waals surface area contributed by atoms with E-state index in [2.05, 4.69) is 20.6 Å². The Balaban J connectivity index is 1.57. The topological polar surface area (TPSA) is 85.8 Å². The molecule has 0 spiro atoms. The van der Waals surface area contributed by atoms with Crippen LogP contribution in [0.2, 0.25) is 0 Å². The summed E-state index contributed by atoms with van der Waals surface area (Å²) in [7, 11) is 1.83. The highest BCUT2D eigenvalue weighted by Crippen LogP contribution is 2.19. The lowest BCUT2D eigenvalue weighted by Gasteiger charge is -2.09. The molecule has 0 saturated carbocycles. The van der Waals surface area contributed by atoms with Gasteiger partial charge in [0.1, 0.15) is 11.9 Å². The zero-order valence-corrected chi connectivity index (χ0v) is 13.9. The molecule has 1 atom stereocenters. The number of carbonyl (C=O) groups is 1. The Bertz CT molecular complexity index is 873. The monoisotopic (exact) mass is 343 g/mol. The second-order valence-electron chi connectivity index (χ2n) is 5.78. The smallest absolute Gasteiger partial charge is 0.249 e. The number of hydrogen-bond donors (Lipinski definition) is 1. The molecular formula is C17H18FN5O2. The molecule has 0 radical (unpaired) electrons. The highest BCUT2D eigenvalue weighted by atomic mass is 19.1. The average molecular weight is 343 g/mol. The van der Waals surface area contributed by atoms with Gasteiger partial charge in [-0.15, -0.1) is 0 Å². The molecular weight excluding hydrogens is 325 g/mol. The van der Waals surface area contributed by atoms with E-state index in [1.165, 1.54) is 12.1 Å². The first-order valence-electron chi connectivity index (χ1n) is 7.87. The first-order valence-corrected chi connectivity index (χ1v) is 7.87. The number of halogens is 1. The van der Waals surface area contributed by atoms with Gasteiger partial charge in [0.05, 0.1) is 6.20 Å². The Morgan fingerprint density at radius 1 is 1.44 bits per heavy atom. The highest BCUT2D eigenvalue weighted by molar-refractivity contribution is 5.76. The Morgan fingerprint density at radius 3 is 3.00 bits per heavy atom. The van der Waals surface area contributed by atoms with Gasteiger partial charge < -0.3 is 9.84 Å². The van der Waals surface area contributed by atoms with Crippen LogP contribution in [-0.4, -0.2) is 25.8 Å². The van der Waals surface area contributed by atoms with Crippen molar-refractivity contribution in [1.82, 2.24) is 25.2 Å². The van der Waals surface area contributed by atoms with E-state index in [4.69, 9.17) is 4.52 Å². The van der Waals surface area contributed by atoms with Crippen molar-refractivity contribution in [2.24, 2.45) is 7.05 Å². The van der Waals surface area contributed by atoms with E-state index in [1.54, 1.807) is 29.9 Å². The molecule has 3 aromatic rings. The van der Waals surface area contributed by atoms with Gasteiger partial charge in [-0.05, 0) is 31.0 Å². The number of nitrogens with one attached hydrogen (secondary N) is 1. The molecule has 8 heteroatoms. The summed E-state index contributed by atoms with van der Waals surface area (Å²) in [6.07, 6.45) is 4.55. The second-order valence-corrected chi connectivity index (χ2v) is 5.78. The van der Waals surface area contributed by atoms with Gasteiger partial charge in [0, 0.05) is 25.2 Å². The summed E-state index contributed by atoms with van der Waals surface area (Å²) in [5.41, 5.74) is 1.52. The van der Waals surface area contributed by atoms with Crippen molar-refractivity contribution in [2.45, 2.75) is 25.8 Å².